The second-order valence-corrected chi connectivity index (χ2v) is 6.41. The molecule has 0 aliphatic carbocycles. The van der Waals surface area contributed by atoms with Gasteiger partial charge < -0.3 is 15.0 Å². The number of likely N-dealkylation sites (tertiary alicyclic amines) is 1. The number of anilines is 1. The van der Waals surface area contributed by atoms with Crippen LogP contribution in [0.1, 0.15) is 35.8 Å². The van der Waals surface area contributed by atoms with Gasteiger partial charge in [0.05, 0.1) is 7.11 Å². The fourth-order valence-electron chi connectivity index (χ4n) is 2.96. The highest BCUT2D eigenvalue weighted by molar-refractivity contribution is 5.92. The van der Waals surface area contributed by atoms with Gasteiger partial charge in [0.2, 0.25) is 5.95 Å². The van der Waals surface area contributed by atoms with Crippen LogP contribution in [0.4, 0.5) is 5.95 Å². The largest absolute Gasteiger partial charge is 0.496 e. The summed E-state index contributed by atoms with van der Waals surface area (Å²) in [6.07, 6.45) is 3.73. The number of methoxy groups -OCH3 is 1. The molecule has 1 aromatic carbocycles. The zero-order valence-corrected chi connectivity index (χ0v) is 14.7. The van der Waals surface area contributed by atoms with Gasteiger partial charge in [-0.25, -0.2) is 9.97 Å². The van der Waals surface area contributed by atoms with Crippen LogP contribution in [0.5, 0.6) is 5.75 Å². The highest BCUT2D eigenvalue weighted by Gasteiger charge is 2.22. The van der Waals surface area contributed by atoms with Gasteiger partial charge >= 0.3 is 0 Å². The summed E-state index contributed by atoms with van der Waals surface area (Å²) >= 11 is 0. The van der Waals surface area contributed by atoms with Gasteiger partial charge in [0.15, 0.2) is 0 Å². The van der Waals surface area contributed by atoms with Gasteiger partial charge in [-0.1, -0.05) is 25.1 Å². The van der Waals surface area contributed by atoms with E-state index in [0.717, 1.165) is 37.2 Å². The van der Waals surface area contributed by atoms with Crippen LogP contribution in [0.15, 0.2) is 36.5 Å². The number of piperidine rings is 1. The maximum atomic E-state index is 12.6. The van der Waals surface area contributed by atoms with Gasteiger partial charge in [0.1, 0.15) is 11.4 Å². The first-order valence-electron chi connectivity index (χ1n) is 8.65. The second kappa shape index (κ2) is 7.96. The number of hydrogen-bond donors (Lipinski definition) is 1. The molecule has 1 aromatic heterocycles. The van der Waals surface area contributed by atoms with Crippen molar-refractivity contribution in [3.8, 4) is 5.75 Å². The molecule has 1 fully saturated rings. The van der Waals surface area contributed by atoms with Gasteiger partial charge in [0, 0.05) is 31.4 Å². The Bertz CT molecular complexity index is 727. The fraction of sp³-hybridized carbons (Fsp3) is 0.421. The molecule has 132 valence electrons. The first-order valence-corrected chi connectivity index (χ1v) is 8.65. The maximum absolute atomic E-state index is 12.6. The Morgan fingerprint density at radius 3 is 2.80 bits per heavy atom. The highest BCUT2D eigenvalue weighted by Crippen LogP contribution is 2.19. The molecule has 6 heteroatoms. The van der Waals surface area contributed by atoms with Crippen molar-refractivity contribution in [3.63, 3.8) is 0 Å². The van der Waals surface area contributed by atoms with Gasteiger partial charge in [-0.05, 0) is 30.9 Å². The molecule has 6 nitrogen and oxygen atoms in total. The lowest BCUT2D eigenvalue weighted by atomic mass is 9.99. The molecule has 0 radical (unpaired) electrons. The Morgan fingerprint density at radius 1 is 1.28 bits per heavy atom. The Balaban J connectivity index is 1.66. The molecule has 0 bridgehead atoms. The summed E-state index contributed by atoms with van der Waals surface area (Å²) in [6, 6.07) is 9.45. The van der Waals surface area contributed by atoms with E-state index in [9.17, 15) is 4.79 Å². The predicted octanol–water partition coefficient (Wildman–Crippen LogP) is 2.97. The van der Waals surface area contributed by atoms with Gasteiger partial charge in [-0.2, -0.15) is 0 Å². The van der Waals surface area contributed by atoms with Crippen LogP contribution in [0.25, 0.3) is 0 Å². The molecule has 1 saturated heterocycles. The number of carbonyl (C=O) groups is 1. The van der Waals surface area contributed by atoms with E-state index in [1.807, 2.05) is 29.2 Å². The zero-order valence-electron chi connectivity index (χ0n) is 14.7. The molecule has 0 atom stereocenters. The van der Waals surface area contributed by atoms with Crippen LogP contribution in [0.2, 0.25) is 0 Å². The number of rotatable bonds is 5. The monoisotopic (exact) mass is 340 g/mol. The molecular weight excluding hydrogens is 316 g/mol. The minimum absolute atomic E-state index is 0.0189. The van der Waals surface area contributed by atoms with E-state index in [0.29, 0.717) is 24.1 Å². The number of carbonyl (C=O) groups excluding carboxylic acids is 1. The minimum Gasteiger partial charge on any atom is -0.496 e. The molecular formula is C19H24N4O2. The second-order valence-electron chi connectivity index (χ2n) is 6.41. The molecule has 25 heavy (non-hydrogen) atoms. The summed E-state index contributed by atoms with van der Waals surface area (Å²) in [7, 11) is 1.65. The number of nitrogens with one attached hydrogen (secondary N) is 1. The van der Waals surface area contributed by atoms with Crippen molar-refractivity contribution in [1.82, 2.24) is 14.9 Å². The summed E-state index contributed by atoms with van der Waals surface area (Å²) < 4.78 is 5.34. The quantitative estimate of drug-likeness (QED) is 0.906. The predicted molar refractivity (Wildman–Crippen MR) is 96.7 cm³/mol. The molecule has 1 aliphatic heterocycles. The summed E-state index contributed by atoms with van der Waals surface area (Å²) in [6.45, 7) is 4.36. The lowest BCUT2D eigenvalue weighted by Gasteiger charge is -2.30. The van der Waals surface area contributed by atoms with E-state index in [2.05, 4.69) is 22.2 Å². The molecule has 2 aromatic rings. The number of benzene rings is 1. The van der Waals surface area contributed by atoms with Crippen molar-refractivity contribution in [2.24, 2.45) is 5.92 Å². The van der Waals surface area contributed by atoms with Gasteiger partial charge in [-0.3, -0.25) is 4.79 Å². The molecule has 3 rings (SSSR count). The molecule has 0 unspecified atom stereocenters. The average molecular weight is 340 g/mol. The Labute approximate surface area is 148 Å². The fourth-order valence-corrected chi connectivity index (χ4v) is 2.96. The van der Waals surface area contributed by atoms with Gasteiger partial charge in [0.25, 0.3) is 5.91 Å². The van der Waals surface area contributed by atoms with Crippen molar-refractivity contribution in [3.05, 3.63) is 47.8 Å². The molecule has 2 heterocycles. The third-order valence-electron chi connectivity index (χ3n) is 4.58. The van der Waals surface area contributed by atoms with E-state index in [1.165, 1.54) is 0 Å². The van der Waals surface area contributed by atoms with Crippen LogP contribution in [0.3, 0.4) is 0 Å². The third-order valence-corrected chi connectivity index (χ3v) is 4.58. The summed E-state index contributed by atoms with van der Waals surface area (Å²) in [5, 5.41) is 3.17. The van der Waals surface area contributed by atoms with Crippen molar-refractivity contribution < 1.29 is 9.53 Å². The standard InChI is InChI=1S/C19H24N4O2/c1-14-8-11-23(12-9-14)18(24)16-7-10-20-19(22-16)21-13-15-5-3-4-6-17(15)25-2/h3-7,10,14H,8-9,11-13H2,1-2H3,(H,20,21,22). The van der Waals surface area contributed by atoms with Gasteiger partial charge in [-0.15, -0.1) is 0 Å². The smallest absolute Gasteiger partial charge is 0.272 e. The van der Waals surface area contributed by atoms with Crippen LogP contribution >= 0.6 is 0 Å². The summed E-state index contributed by atoms with van der Waals surface area (Å²) in [4.78, 5) is 23.1. The minimum atomic E-state index is -0.0189. The SMILES string of the molecule is COc1ccccc1CNc1nccc(C(=O)N2CCC(C)CC2)n1. The van der Waals surface area contributed by atoms with E-state index in [-0.39, 0.29) is 5.91 Å². The Kier molecular flexibility index (Phi) is 5.48. The van der Waals surface area contributed by atoms with E-state index >= 15 is 0 Å². The summed E-state index contributed by atoms with van der Waals surface area (Å²) in [5.41, 5.74) is 1.45. The van der Waals surface area contributed by atoms with E-state index < -0.39 is 0 Å². The van der Waals surface area contributed by atoms with Crippen LogP contribution in [-0.2, 0) is 6.54 Å². The van der Waals surface area contributed by atoms with E-state index in [4.69, 9.17) is 4.74 Å². The highest BCUT2D eigenvalue weighted by atomic mass is 16.5. The summed E-state index contributed by atoms with van der Waals surface area (Å²) in [5.74, 6) is 1.92. The number of amides is 1. The maximum Gasteiger partial charge on any atom is 0.272 e. The van der Waals surface area contributed by atoms with Crippen molar-refractivity contribution in [2.45, 2.75) is 26.3 Å². The van der Waals surface area contributed by atoms with Crippen molar-refractivity contribution in [2.75, 3.05) is 25.5 Å². The third kappa shape index (κ3) is 4.26. The first-order chi connectivity index (χ1) is 12.2. The molecule has 1 N–H and O–H groups in total. The number of nitrogens with zero attached hydrogens (tertiary/aromatic N) is 3. The molecule has 0 spiro atoms. The first kappa shape index (κ1) is 17.2. The Hall–Kier alpha value is -2.63. The molecule has 0 saturated carbocycles. The normalized spacial score (nSPS) is 15.0. The van der Waals surface area contributed by atoms with Crippen LogP contribution in [-0.4, -0.2) is 41.0 Å². The number of aromatic nitrogens is 2. The van der Waals surface area contributed by atoms with Crippen molar-refractivity contribution >= 4 is 11.9 Å². The van der Waals surface area contributed by atoms with Crippen molar-refractivity contribution in [1.29, 1.82) is 0 Å². The van der Waals surface area contributed by atoms with Crippen LogP contribution in [0, 0.1) is 5.92 Å². The number of para-hydroxylation sites is 1. The van der Waals surface area contributed by atoms with Crippen LogP contribution < -0.4 is 10.1 Å². The average Bonchev–Trinajstić information content (AvgIpc) is 2.67. The number of ether oxygens (including phenoxy) is 1. The zero-order chi connectivity index (χ0) is 17.6. The van der Waals surface area contributed by atoms with E-state index in [1.54, 1.807) is 19.4 Å². The molecule has 1 aliphatic rings. The Morgan fingerprint density at radius 2 is 2.04 bits per heavy atom. The lowest BCUT2D eigenvalue weighted by molar-refractivity contribution is 0.0691. The molecule has 1 amide bonds. The number of hydrogen-bond acceptors (Lipinski definition) is 5. The lowest BCUT2D eigenvalue weighted by Crippen LogP contribution is -2.38. The topological polar surface area (TPSA) is 67.3 Å².